The van der Waals surface area contributed by atoms with E-state index >= 15 is 0 Å². The Morgan fingerprint density at radius 2 is 1.62 bits per heavy atom. The van der Waals surface area contributed by atoms with Gasteiger partial charge >= 0.3 is 6.18 Å². The summed E-state index contributed by atoms with van der Waals surface area (Å²) in [7, 11) is -4.47. The van der Waals surface area contributed by atoms with E-state index < -0.39 is 46.2 Å². The molecule has 3 aromatic rings. The number of nitrogens with zero attached hydrogens (tertiary/aromatic N) is 2. The highest BCUT2D eigenvalue weighted by atomic mass is 79.9. The molecular formula is C27H27BrF3N3O4S. The topological polar surface area (TPSA) is 86.8 Å². The second-order valence-electron chi connectivity index (χ2n) is 8.59. The van der Waals surface area contributed by atoms with E-state index in [0.29, 0.717) is 22.5 Å². The minimum absolute atomic E-state index is 0.0355. The summed E-state index contributed by atoms with van der Waals surface area (Å²) in [6.45, 7) is 2.66. The predicted octanol–water partition coefficient (Wildman–Crippen LogP) is 5.22. The normalized spacial score (nSPS) is 12.5. The first-order valence-corrected chi connectivity index (χ1v) is 14.1. The predicted molar refractivity (Wildman–Crippen MR) is 145 cm³/mol. The zero-order chi connectivity index (χ0) is 28.8. The second-order valence-corrected chi connectivity index (χ2v) is 11.4. The van der Waals surface area contributed by atoms with Gasteiger partial charge in [-0.1, -0.05) is 52.3 Å². The standard InChI is InChI=1S/C27H27BrF3N3O4S/c1-3-32-26(36)19(2)33(17-20-12-14-22(28)15-13-20)25(35)18-34(39(37,38)24-10-5-4-6-11-24)23-9-7-8-21(16-23)27(29,30)31/h4-16,19H,3,17-18H2,1-2H3,(H,32,36)/t19-/m0/s1. The Balaban J connectivity index is 2.07. The quantitative estimate of drug-likeness (QED) is 0.335. The summed E-state index contributed by atoms with van der Waals surface area (Å²) in [5, 5.41) is 2.64. The molecule has 3 aromatic carbocycles. The van der Waals surface area contributed by atoms with Crippen LogP contribution in [0.2, 0.25) is 0 Å². The second kappa shape index (κ2) is 12.6. The molecule has 0 aliphatic carbocycles. The summed E-state index contributed by atoms with van der Waals surface area (Å²) in [5.41, 5.74) is -0.737. The molecule has 1 atom stereocenters. The van der Waals surface area contributed by atoms with Crippen LogP contribution >= 0.6 is 15.9 Å². The molecule has 0 fully saturated rings. The zero-order valence-corrected chi connectivity index (χ0v) is 23.6. The molecule has 208 valence electrons. The number of carbonyl (C=O) groups excluding carboxylic acids is 2. The molecule has 3 rings (SSSR count). The van der Waals surface area contributed by atoms with Crippen LogP contribution in [0.4, 0.5) is 18.9 Å². The van der Waals surface area contributed by atoms with Crippen LogP contribution in [0, 0.1) is 0 Å². The Hall–Kier alpha value is -3.38. The maximum Gasteiger partial charge on any atom is 0.416 e. The van der Waals surface area contributed by atoms with Crippen LogP contribution < -0.4 is 9.62 Å². The molecule has 0 aromatic heterocycles. The lowest BCUT2D eigenvalue weighted by atomic mass is 10.1. The lowest BCUT2D eigenvalue weighted by Crippen LogP contribution is -2.51. The maximum atomic E-state index is 13.7. The highest BCUT2D eigenvalue weighted by Crippen LogP contribution is 2.33. The summed E-state index contributed by atoms with van der Waals surface area (Å²) in [5.74, 6) is -1.23. The van der Waals surface area contributed by atoms with Gasteiger partial charge in [0.1, 0.15) is 12.6 Å². The number of nitrogens with one attached hydrogen (secondary N) is 1. The Kier molecular flexibility index (Phi) is 9.78. The number of rotatable bonds is 10. The highest BCUT2D eigenvalue weighted by Gasteiger charge is 2.35. The summed E-state index contributed by atoms with van der Waals surface area (Å²) in [6.07, 6.45) is -4.73. The number of anilines is 1. The molecule has 7 nitrogen and oxygen atoms in total. The Morgan fingerprint density at radius 3 is 2.21 bits per heavy atom. The fourth-order valence-corrected chi connectivity index (χ4v) is 5.47. The monoisotopic (exact) mass is 625 g/mol. The summed E-state index contributed by atoms with van der Waals surface area (Å²) in [4.78, 5) is 27.4. The van der Waals surface area contributed by atoms with Gasteiger partial charge in [0.15, 0.2) is 0 Å². The number of hydrogen-bond donors (Lipinski definition) is 1. The fraction of sp³-hybridized carbons (Fsp3) is 0.259. The first kappa shape index (κ1) is 30.2. The van der Waals surface area contributed by atoms with Crippen molar-refractivity contribution in [3.05, 3.63) is 94.5 Å². The van der Waals surface area contributed by atoms with Gasteiger partial charge in [-0.15, -0.1) is 0 Å². The first-order valence-electron chi connectivity index (χ1n) is 11.9. The fourth-order valence-electron chi connectivity index (χ4n) is 3.78. The van der Waals surface area contributed by atoms with E-state index in [1.54, 1.807) is 37.3 Å². The molecule has 0 heterocycles. The van der Waals surface area contributed by atoms with Crippen molar-refractivity contribution in [1.82, 2.24) is 10.2 Å². The molecule has 0 bridgehead atoms. The van der Waals surface area contributed by atoms with E-state index in [-0.39, 0.29) is 17.1 Å². The summed E-state index contributed by atoms with van der Waals surface area (Å²) >= 11 is 3.34. The molecule has 0 spiro atoms. The van der Waals surface area contributed by atoms with Gasteiger partial charge in [0.2, 0.25) is 11.8 Å². The minimum atomic E-state index is -4.73. The van der Waals surface area contributed by atoms with E-state index in [1.165, 1.54) is 42.2 Å². The number of alkyl halides is 3. The van der Waals surface area contributed by atoms with Crippen LogP contribution in [0.1, 0.15) is 25.0 Å². The largest absolute Gasteiger partial charge is 0.416 e. The Morgan fingerprint density at radius 1 is 0.974 bits per heavy atom. The molecular weight excluding hydrogens is 599 g/mol. The van der Waals surface area contributed by atoms with Crippen LogP contribution in [0.5, 0.6) is 0 Å². The molecule has 0 radical (unpaired) electrons. The summed E-state index contributed by atoms with van der Waals surface area (Å²) in [6, 6.07) is 16.8. The molecule has 0 unspecified atom stereocenters. The Labute approximate surface area is 233 Å². The number of carbonyl (C=O) groups is 2. The van der Waals surface area contributed by atoms with Gasteiger partial charge < -0.3 is 10.2 Å². The average molecular weight is 626 g/mol. The first-order chi connectivity index (χ1) is 18.3. The Bertz CT molecular complexity index is 1400. The van der Waals surface area contributed by atoms with Gasteiger partial charge in [-0.3, -0.25) is 13.9 Å². The van der Waals surface area contributed by atoms with Crippen LogP contribution in [0.25, 0.3) is 0 Å². The number of likely N-dealkylation sites (N-methyl/N-ethyl adjacent to an activating group) is 1. The molecule has 0 aliphatic heterocycles. The van der Waals surface area contributed by atoms with E-state index in [4.69, 9.17) is 0 Å². The number of sulfonamides is 1. The maximum absolute atomic E-state index is 13.7. The van der Waals surface area contributed by atoms with Crippen molar-refractivity contribution >= 4 is 43.5 Å². The van der Waals surface area contributed by atoms with Crippen molar-refractivity contribution in [1.29, 1.82) is 0 Å². The molecule has 12 heteroatoms. The summed E-state index contributed by atoms with van der Waals surface area (Å²) < 4.78 is 69.2. The van der Waals surface area contributed by atoms with E-state index in [1.807, 2.05) is 0 Å². The van der Waals surface area contributed by atoms with E-state index in [2.05, 4.69) is 21.2 Å². The molecule has 39 heavy (non-hydrogen) atoms. The van der Waals surface area contributed by atoms with Crippen molar-refractivity contribution in [2.45, 2.75) is 37.5 Å². The highest BCUT2D eigenvalue weighted by molar-refractivity contribution is 9.10. The lowest BCUT2D eigenvalue weighted by molar-refractivity contribution is -0.139. The van der Waals surface area contributed by atoms with E-state index in [0.717, 1.165) is 16.6 Å². The van der Waals surface area contributed by atoms with E-state index in [9.17, 15) is 31.2 Å². The number of benzene rings is 3. The third-order valence-electron chi connectivity index (χ3n) is 5.86. The number of amides is 2. The average Bonchev–Trinajstić information content (AvgIpc) is 2.91. The number of hydrogen-bond acceptors (Lipinski definition) is 4. The molecule has 0 aliphatic rings. The zero-order valence-electron chi connectivity index (χ0n) is 21.2. The van der Waals surface area contributed by atoms with Crippen molar-refractivity contribution in [3.8, 4) is 0 Å². The molecule has 0 saturated heterocycles. The van der Waals surface area contributed by atoms with Crippen LogP contribution in [-0.2, 0) is 32.3 Å². The van der Waals surface area contributed by atoms with Crippen LogP contribution in [0.15, 0.2) is 88.2 Å². The van der Waals surface area contributed by atoms with Gasteiger partial charge in [-0.05, 0) is 61.9 Å². The van der Waals surface area contributed by atoms with Gasteiger partial charge in [0.25, 0.3) is 10.0 Å². The third-order valence-corrected chi connectivity index (χ3v) is 8.17. The van der Waals surface area contributed by atoms with Crippen molar-refractivity contribution in [2.24, 2.45) is 0 Å². The van der Waals surface area contributed by atoms with Crippen molar-refractivity contribution in [2.75, 3.05) is 17.4 Å². The molecule has 2 amide bonds. The van der Waals surface area contributed by atoms with Gasteiger partial charge in [0, 0.05) is 17.6 Å². The number of halogens is 4. The minimum Gasteiger partial charge on any atom is -0.355 e. The van der Waals surface area contributed by atoms with Gasteiger partial charge in [-0.25, -0.2) is 8.42 Å². The van der Waals surface area contributed by atoms with Gasteiger partial charge in [0.05, 0.1) is 16.1 Å². The van der Waals surface area contributed by atoms with Crippen LogP contribution in [-0.4, -0.2) is 44.3 Å². The smallest absolute Gasteiger partial charge is 0.355 e. The lowest BCUT2D eigenvalue weighted by Gasteiger charge is -2.32. The van der Waals surface area contributed by atoms with Crippen LogP contribution in [0.3, 0.4) is 0 Å². The van der Waals surface area contributed by atoms with Gasteiger partial charge in [-0.2, -0.15) is 13.2 Å². The van der Waals surface area contributed by atoms with Crippen molar-refractivity contribution in [3.63, 3.8) is 0 Å². The van der Waals surface area contributed by atoms with Crippen molar-refractivity contribution < 1.29 is 31.2 Å². The molecule has 1 N–H and O–H groups in total. The SMILES string of the molecule is CCNC(=O)[C@H](C)N(Cc1ccc(Br)cc1)C(=O)CN(c1cccc(C(F)(F)F)c1)S(=O)(=O)c1ccccc1. The third kappa shape index (κ3) is 7.60. The molecule has 0 saturated carbocycles.